The summed E-state index contributed by atoms with van der Waals surface area (Å²) < 4.78 is 0. The summed E-state index contributed by atoms with van der Waals surface area (Å²) >= 11 is 10.4. The second-order valence-corrected chi connectivity index (χ2v) is 0. The second kappa shape index (κ2) is 123. The van der Waals surface area contributed by atoms with E-state index in [1.54, 1.807) is 127 Å². The SMILES string of the molecule is [Mo+6].[S-]I.[S-]I.[S-]I.[S-]I.[S-]I.[S-]I. The third-order valence-corrected chi connectivity index (χ3v) is 0. The summed E-state index contributed by atoms with van der Waals surface area (Å²) in [4.78, 5) is 0. The van der Waals surface area contributed by atoms with Gasteiger partial charge in [-0.15, -0.1) is 0 Å². The quantitative estimate of drug-likeness (QED) is 0.183. The third-order valence-electron chi connectivity index (χ3n) is 0. The van der Waals surface area contributed by atoms with Crippen molar-refractivity contribution < 1.29 is 21.1 Å². The van der Waals surface area contributed by atoms with Crippen molar-refractivity contribution in [1.82, 2.24) is 0 Å². The van der Waals surface area contributed by atoms with Crippen LogP contribution in [0.5, 0.6) is 0 Å². The van der Waals surface area contributed by atoms with Crippen LogP contribution in [0.1, 0.15) is 0 Å². The van der Waals surface area contributed by atoms with E-state index in [0.717, 1.165) is 0 Å². The minimum Gasteiger partial charge on any atom is -0.713 e. The van der Waals surface area contributed by atoms with Crippen LogP contribution in [0, 0.1) is 0 Å². The van der Waals surface area contributed by atoms with E-state index in [9.17, 15) is 0 Å². The number of halogens is 6. The minimum atomic E-state index is 0. The maximum atomic E-state index is 4.05. The van der Waals surface area contributed by atoms with E-state index in [-0.39, 0.29) is 21.1 Å². The van der Waals surface area contributed by atoms with Gasteiger partial charge >= 0.3 is 21.1 Å². The van der Waals surface area contributed by atoms with E-state index in [1.165, 1.54) is 0 Å². The first-order valence-electron chi connectivity index (χ1n) is 0.926. The molecule has 0 bridgehead atoms. The van der Waals surface area contributed by atoms with Gasteiger partial charge in [0.05, 0.1) is 0 Å². The summed E-state index contributed by atoms with van der Waals surface area (Å²) in [6.45, 7) is 0. The number of rotatable bonds is 0. The Hall–Kier alpha value is 7.17. The average Bonchev–Trinajstić information content (AvgIpc) is 2.33. The predicted molar refractivity (Wildman–Crippen MR) is 128 cm³/mol. The molecule has 0 heterocycles. The zero-order valence-corrected chi connectivity index (χ0v) is 25.0. The van der Waals surface area contributed by atoms with Crippen LogP contribution in [0.2, 0.25) is 0 Å². The normalized spacial score (nSPS) is 2.77. The fraction of sp³-hybridized carbons (Fsp3) is 0. The van der Waals surface area contributed by atoms with Crippen LogP contribution in [0.4, 0.5) is 0 Å². The predicted octanol–water partition coefficient (Wildman–Crippen LogP) is 5.30. The van der Waals surface area contributed by atoms with E-state index in [4.69, 9.17) is 0 Å². The van der Waals surface area contributed by atoms with E-state index in [1.807, 2.05) is 0 Å². The molecule has 0 fully saturated rings. The van der Waals surface area contributed by atoms with E-state index >= 15 is 0 Å². The first kappa shape index (κ1) is 42.7. The Morgan fingerprint density at radius 3 is 0.308 bits per heavy atom. The summed E-state index contributed by atoms with van der Waals surface area (Å²) in [5, 5.41) is 0. The van der Waals surface area contributed by atoms with Crippen LogP contribution in [-0.4, -0.2) is 0 Å². The summed E-state index contributed by atoms with van der Waals surface area (Å²) in [5.41, 5.74) is 0. The molecule has 0 N–H and O–H groups in total. The number of hydrogen-bond donors (Lipinski definition) is 0. The molecular weight excluding hydrogens is 1050 g/mol. The molecule has 0 aliphatic rings. The molecule has 84 valence electrons. The summed E-state index contributed by atoms with van der Waals surface area (Å²) in [6, 6.07) is 0. The molecule has 0 unspecified atom stereocenters. The van der Waals surface area contributed by atoms with E-state index < -0.39 is 0 Å². The molecule has 13 heavy (non-hydrogen) atoms. The van der Waals surface area contributed by atoms with Gasteiger partial charge in [0, 0.05) is 0 Å². The molecule has 0 aromatic heterocycles. The molecule has 0 saturated heterocycles. The molecule has 0 aromatic carbocycles. The fourth-order valence-corrected chi connectivity index (χ4v) is 0. The van der Waals surface area contributed by atoms with Crippen LogP contribution in [0.3, 0.4) is 0 Å². The summed E-state index contributed by atoms with van der Waals surface area (Å²) in [7, 11) is 24.3. The zero-order valence-electron chi connectivity index (χ0n) is 5.13. The van der Waals surface area contributed by atoms with Gasteiger partial charge in [-0.25, -0.2) is 0 Å². The smallest absolute Gasteiger partial charge is 0.713 e. The molecule has 0 rings (SSSR count). The van der Waals surface area contributed by atoms with Crippen molar-refractivity contribution in [3.63, 3.8) is 0 Å². The first-order chi connectivity index (χ1) is 6.00. The van der Waals surface area contributed by atoms with Crippen molar-refractivity contribution in [2.24, 2.45) is 0 Å². The molecule has 0 amide bonds. The largest absolute Gasteiger partial charge is 6.00 e. The molecule has 0 nitrogen and oxygen atoms in total. The van der Waals surface area contributed by atoms with Gasteiger partial charge in [0.25, 0.3) is 0 Å². The fourth-order valence-electron chi connectivity index (χ4n) is 0. The van der Waals surface area contributed by atoms with Gasteiger partial charge in [-0.2, -0.15) is 0 Å². The molecule has 0 radical (unpaired) electrons. The molecular formula is I6MoS6. The Morgan fingerprint density at radius 1 is 0.308 bits per heavy atom. The van der Waals surface area contributed by atoms with Crippen LogP contribution in [0.15, 0.2) is 0 Å². The van der Waals surface area contributed by atoms with Gasteiger partial charge in [0.2, 0.25) is 0 Å². The Balaban J connectivity index is -0.00000000655. The Labute approximate surface area is 201 Å². The van der Waals surface area contributed by atoms with Crippen molar-refractivity contribution in [3.8, 4) is 0 Å². The van der Waals surface area contributed by atoms with Crippen LogP contribution in [-0.2, 0) is 79.9 Å². The standard InChI is InChI=1S/6IS.Mo/c6*1-2;/q6*-1;+6. The monoisotopic (exact) mass is 1050 g/mol. The van der Waals surface area contributed by atoms with Gasteiger partial charge in [-0.1, -0.05) is 0 Å². The van der Waals surface area contributed by atoms with Crippen molar-refractivity contribution in [2.45, 2.75) is 0 Å². The Kier molecular flexibility index (Phi) is 405. The molecule has 0 spiro atoms. The molecule has 13 heteroatoms. The topological polar surface area (TPSA) is 0 Å². The van der Waals surface area contributed by atoms with Crippen LogP contribution < -0.4 is 0 Å². The van der Waals surface area contributed by atoms with Crippen molar-refractivity contribution >= 4 is 186 Å². The van der Waals surface area contributed by atoms with Crippen LogP contribution >= 0.6 is 127 Å². The number of hydrogen-bond acceptors (Lipinski definition) is 6. The summed E-state index contributed by atoms with van der Waals surface area (Å²) in [6.07, 6.45) is 0. The van der Waals surface area contributed by atoms with Gasteiger partial charge in [0.1, 0.15) is 0 Å². The van der Waals surface area contributed by atoms with E-state index in [0.29, 0.717) is 0 Å². The van der Waals surface area contributed by atoms with Crippen LogP contribution in [0.25, 0.3) is 0 Å². The van der Waals surface area contributed by atoms with Crippen molar-refractivity contribution in [2.75, 3.05) is 0 Å². The van der Waals surface area contributed by atoms with Gasteiger partial charge in [-0.3, -0.25) is 127 Å². The van der Waals surface area contributed by atoms with Gasteiger partial charge in [-0.05, 0) is 0 Å². The van der Waals surface area contributed by atoms with E-state index in [2.05, 4.69) is 58.8 Å². The molecule has 0 aromatic rings. The average molecular weight is 1050 g/mol. The molecule has 0 atom stereocenters. The summed E-state index contributed by atoms with van der Waals surface area (Å²) in [5.74, 6) is 0. The Bertz CT molecular complexity index is 17.1. The maximum Gasteiger partial charge on any atom is 6.00 e. The van der Waals surface area contributed by atoms with Gasteiger partial charge < -0.3 is 58.8 Å². The maximum absolute atomic E-state index is 4.05. The molecule has 0 aliphatic heterocycles. The first-order valence-corrected chi connectivity index (χ1v) is 18.6. The second-order valence-electron chi connectivity index (χ2n) is 0. The van der Waals surface area contributed by atoms with Crippen molar-refractivity contribution in [3.05, 3.63) is 0 Å². The Morgan fingerprint density at radius 2 is 0.308 bits per heavy atom. The molecule has 0 saturated carbocycles. The molecule has 0 aliphatic carbocycles. The minimum absolute atomic E-state index is 0. The van der Waals surface area contributed by atoms with Gasteiger partial charge in [0.15, 0.2) is 0 Å². The van der Waals surface area contributed by atoms with Crippen molar-refractivity contribution in [1.29, 1.82) is 0 Å². The zero-order chi connectivity index (χ0) is 12.0. The third kappa shape index (κ3) is 110.